The van der Waals surface area contributed by atoms with E-state index in [0.29, 0.717) is 0 Å². The van der Waals surface area contributed by atoms with Gasteiger partial charge in [-0.1, -0.05) is 18.2 Å². The lowest BCUT2D eigenvalue weighted by Gasteiger charge is -2.50. The molecule has 0 aromatic heterocycles. The molecule has 0 saturated carbocycles. The topological polar surface area (TPSA) is 29.5 Å². The highest BCUT2D eigenvalue weighted by Crippen LogP contribution is 2.53. The maximum atomic E-state index is 13.8. The molecule has 1 aliphatic rings. The van der Waals surface area contributed by atoms with E-state index in [-0.39, 0.29) is 11.3 Å². The number of para-hydroxylation sites is 1. The summed E-state index contributed by atoms with van der Waals surface area (Å²) in [5.74, 6) is -6.02. The van der Waals surface area contributed by atoms with E-state index in [9.17, 15) is 35.8 Å². The monoisotopic (exact) mass is 332 g/mol. The van der Waals surface area contributed by atoms with Crippen LogP contribution in [-0.4, -0.2) is 41.8 Å². The standard InChI is InChI=1S/C13H11F7O2/c14-6-10(7-15)11(21,12(16,17)13(18,19)20)5-8-3-1-2-4-9(8)22-10/h1-4,21H,5-7H2. The fourth-order valence-electron chi connectivity index (χ4n) is 2.42. The molecule has 0 fully saturated rings. The van der Waals surface area contributed by atoms with Crippen LogP contribution in [0.5, 0.6) is 5.75 Å². The van der Waals surface area contributed by atoms with Crippen LogP contribution in [0.15, 0.2) is 24.3 Å². The number of halogens is 7. The van der Waals surface area contributed by atoms with E-state index < -0.39 is 43.1 Å². The third-order valence-electron chi connectivity index (χ3n) is 3.79. The lowest BCUT2D eigenvalue weighted by atomic mass is 9.72. The van der Waals surface area contributed by atoms with Crippen molar-refractivity contribution >= 4 is 0 Å². The third-order valence-corrected chi connectivity index (χ3v) is 3.79. The number of fused-ring (bicyclic) bond motifs is 1. The first-order valence-corrected chi connectivity index (χ1v) is 6.10. The van der Waals surface area contributed by atoms with E-state index in [1.165, 1.54) is 18.2 Å². The number of rotatable bonds is 3. The van der Waals surface area contributed by atoms with Crippen molar-refractivity contribution in [2.24, 2.45) is 0 Å². The summed E-state index contributed by atoms with van der Waals surface area (Å²) in [4.78, 5) is 0. The molecule has 0 saturated heterocycles. The minimum absolute atomic E-state index is 0.202. The van der Waals surface area contributed by atoms with E-state index >= 15 is 0 Å². The highest BCUT2D eigenvalue weighted by atomic mass is 19.4. The Morgan fingerprint density at radius 1 is 1.05 bits per heavy atom. The Labute approximate surface area is 120 Å². The van der Waals surface area contributed by atoms with Crippen LogP contribution < -0.4 is 4.74 Å². The predicted molar refractivity (Wildman–Crippen MR) is 61.4 cm³/mol. The van der Waals surface area contributed by atoms with Gasteiger partial charge in [0.1, 0.15) is 19.1 Å². The molecule has 1 atom stereocenters. The van der Waals surface area contributed by atoms with Gasteiger partial charge in [-0.25, -0.2) is 8.78 Å². The van der Waals surface area contributed by atoms with E-state index in [2.05, 4.69) is 0 Å². The molecule has 1 N–H and O–H groups in total. The van der Waals surface area contributed by atoms with Crippen LogP contribution in [0.2, 0.25) is 0 Å². The van der Waals surface area contributed by atoms with Crippen LogP contribution in [0, 0.1) is 0 Å². The Kier molecular flexibility index (Phi) is 3.83. The fraction of sp³-hybridized carbons (Fsp3) is 0.538. The Balaban J connectivity index is 2.66. The molecule has 22 heavy (non-hydrogen) atoms. The summed E-state index contributed by atoms with van der Waals surface area (Å²) in [5, 5.41) is 10.0. The molecule has 0 amide bonds. The summed E-state index contributed by atoms with van der Waals surface area (Å²) < 4.78 is 96.7. The quantitative estimate of drug-likeness (QED) is 0.861. The van der Waals surface area contributed by atoms with Gasteiger partial charge in [-0.15, -0.1) is 0 Å². The van der Waals surface area contributed by atoms with Gasteiger partial charge in [0.25, 0.3) is 0 Å². The zero-order valence-corrected chi connectivity index (χ0v) is 10.9. The van der Waals surface area contributed by atoms with E-state index in [4.69, 9.17) is 4.74 Å². The predicted octanol–water partition coefficient (Wildman–Crippen LogP) is 3.23. The SMILES string of the molecule is OC1(C(F)(F)C(F)(F)F)Cc2ccccc2OC1(CF)CF. The lowest BCUT2D eigenvalue weighted by Crippen LogP contribution is -2.75. The van der Waals surface area contributed by atoms with E-state index in [0.717, 1.165) is 6.07 Å². The molecule has 0 radical (unpaired) electrons. The molecule has 2 rings (SSSR count). The smallest absolute Gasteiger partial charge is 0.456 e. The highest BCUT2D eigenvalue weighted by Gasteiger charge is 2.78. The molecular weight excluding hydrogens is 321 g/mol. The molecule has 1 aromatic rings. The van der Waals surface area contributed by atoms with Gasteiger partial charge < -0.3 is 9.84 Å². The normalized spacial score (nSPS) is 24.5. The maximum absolute atomic E-state index is 13.8. The largest absolute Gasteiger partial charge is 0.478 e. The summed E-state index contributed by atoms with van der Waals surface area (Å²) >= 11 is 0. The molecule has 0 spiro atoms. The number of ether oxygens (including phenoxy) is 1. The molecule has 1 unspecified atom stereocenters. The number of alkyl halides is 7. The van der Waals surface area contributed by atoms with Gasteiger partial charge in [0.05, 0.1) is 0 Å². The minimum atomic E-state index is -6.20. The Morgan fingerprint density at radius 2 is 1.59 bits per heavy atom. The van der Waals surface area contributed by atoms with Crippen LogP contribution in [0.4, 0.5) is 30.7 Å². The number of hydrogen-bond acceptors (Lipinski definition) is 2. The Hall–Kier alpha value is -1.51. The van der Waals surface area contributed by atoms with Crippen LogP contribution in [-0.2, 0) is 6.42 Å². The average molecular weight is 332 g/mol. The van der Waals surface area contributed by atoms with Gasteiger partial charge in [0.2, 0.25) is 5.60 Å². The molecule has 1 heterocycles. The maximum Gasteiger partial charge on any atom is 0.456 e. The number of aliphatic hydroxyl groups is 1. The highest BCUT2D eigenvalue weighted by molar-refractivity contribution is 5.40. The second-order valence-electron chi connectivity index (χ2n) is 5.08. The molecule has 1 aliphatic heterocycles. The molecule has 0 bridgehead atoms. The van der Waals surface area contributed by atoms with Crippen LogP contribution in [0.3, 0.4) is 0 Å². The number of hydrogen-bond donors (Lipinski definition) is 1. The van der Waals surface area contributed by atoms with Crippen LogP contribution in [0.1, 0.15) is 5.56 Å². The molecule has 1 aromatic carbocycles. The summed E-state index contributed by atoms with van der Waals surface area (Å²) in [7, 11) is 0. The van der Waals surface area contributed by atoms with Crippen molar-refractivity contribution in [2.45, 2.75) is 29.7 Å². The molecule has 0 aliphatic carbocycles. The van der Waals surface area contributed by atoms with Crippen molar-refractivity contribution in [3.05, 3.63) is 29.8 Å². The summed E-state index contributed by atoms with van der Waals surface area (Å²) in [6.45, 7) is -4.11. The van der Waals surface area contributed by atoms with Crippen molar-refractivity contribution in [1.29, 1.82) is 0 Å². The summed E-state index contributed by atoms with van der Waals surface area (Å²) in [5.41, 5.74) is -7.66. The van der Waals surface area contributed by atoms with E-state index in [1.807, 2.05) is 0 Å². The van der Waals surface area contributed by atoms with Crippen LogP contribution in [0.25, 0.3) is 0 Å². The van der Waals surface area contributed by atoms with Crippen molar-refractivity contribution in [1.82, 2.24) is 0 Å². The molecule has 2 nitrogen and oxygen atoms in total. The zero-order chi connectivity index (χ0) is 16.8. The molecular formula is C13H11F7O2. The van der Waals surface area contributed by atoms with Gasteiger partial charge >= 0.3 is 12.1 Å². The van der Waals surface area contributed by atoms with Crippen molar-refractivity contribution < 1.29 is 40.6 Å². The van der Waals surface area contributed by atoms with Gasteiger partial charge in [0, 0.05) is 6.42 Å². The third kappa shape index (κ3) is 2.05. The Bertz CT molecular complexity index is 554. The van der Waals surface area contributed by atoms with Crippen molar-refractivity contribution in [2.75, 3.05) is 13.3 Å². The lowest BCUT2D eigenvalue weighted by molar-refractivity contribution is -0.373. The van der Waals surface area contributed by atoms with Gasteiger partial charge in [-0.05, 0) is 11.6 Å². The van der Waals surface area contributed by atoms with E-state index in [1.54, 1.807) is 0 Å². The molecule has 124 valence electrons. The summed E-state index contributed by atoms with van der Waals surface area (Å²) in [6, 6.07) is 4.96. The second kappa shape index (κ2) is 5.00. The van der Waals surface area contributed by atoms with Gasteiger partial charge in [-0.3, -0.25) is 0 Å². The van der Waals surface area contributed by atoms with Crippen molar-refractivity contribution in [3.63, 3.8) is 0 Å². The molecule has 9 heteroatoms. The average Bonchev–Trinajstić information content (AvgIpc) is 2.45. The zero-order valence-electron chi connectivity index (χ0n) is 10.9. The number of benzene rings is 1. The first-order chi connectivity index (χ1) is 10.0. The fourth-order valence-corrected chi connectivity index (χ4v) is 2.42. The van der Waals surface area contributed by atoms with Crippen molar-refractivity contribution in [3.8, 4) is 5.75 Å². The summed E-state index contributed by atoms with van der Waals surface area (Å²) in [6.07, 6.45) is -7.50. The second-order valence-corrected chi connectivity index (χ2v) is 5.08. The van der Waals surface area contributed by atoms with Gasteiger partial charge in [0.15, 0.2) is 5.60 Å². The van der Waals surface area contributed by atoms with Gasteiger partial charge in [-0.2, -0.15) is 22.0 Å². The minimum Gasteiger partial charge on any atom is -0.478 e. The first kappa shape index (κ1) is 16.9. The first-order valence-electron chi connectivity index (χ1n) is 6.10. The van der Waals surface area contributed by atoms with Crippen LogP contribution >= 0.6 is 0 Å². The Morgan fingerprint density at radius 3 is 2.09 bits per heavy atom.